The first-order valence-electron chi connectivity index (χ1n) is 11.6. The van der Waals surface area contributed by atoms with Crippen LogP contribution in [-0.2, 0) is 17.8 Å². The zero-order chi connectivity index (χ0) is 25.1. The number of halogens is 2. The van der Waals surface area contributed by atoms with Crippen LogP contribution in [0.2, 0.25) is 5.02 Å². The third-order valence-corrected chi connectivity index (χ3v) is 7.86. The van der Waals surface area contributed by atoms with E-state index in [2.05, 4.69) is 69.9 Å². The molecule has 0 saturated carbocycles. The number of thioether (sulfide) groups is 1. The Morgan fingerprint density at radius 1 is 1.08 bits per heavy atom. The van der Waals surface area contributed by atoms with Crippen LogP contribution < -0.4 is 15.4 Å². The Morgan fingerprint density at radius 3 is 2.64 bits per heavy atom. The second kappa shape index (κ2) is 11.0. The quantitative estimate of drug-likeness (QED) is 0.218. The Bertz CT molecular complexity index is 1430. The Balaban J connectivity index is 1.28. The number of rotatable bonds is 7. The summed E-state index contributed by atoms with van der Waals surface area (Å²) in [5.41, 5.74) is 3.90. The van der Waals surface area contributed by atoms with Gasteiger partial charge in [-0.15, -0.1) is 0 Å². The Labute approximate surface area is 228 Å². The average molecular weight is 580 g/mol. The largest absolute Gasteiger partial charge is 0.486 e. The van der Waals surface area contributed by atoms with Crippen molar-refractivity contribution in [3.8, 4) is 5.75 Å². The van der Waals surface area contributed by atoms with E-state index in [-0.39, 0.29) is 11.4 Å². The van der Waals surface area contributed by atoms with Crippen LogP contribution in [0.4, 0.5) is 5.69 Å². The molecule has 182 valence electrons. The van der Waals surface area contributed by atoms with Gasteiger partial charge in [0.1, 0.15) is 6.61 Å². The van der Waals surface area contributed by atoms with Crippen molar-refractivity contribution in [1.82, 2.24) is 5.32 Å². The van der Waals surface area contributed by atoms with Crippen molar-refractivity contribution in [3.05, 3.63) is 110 Å². The number of hydrogen-bond acceptors (Lipinski definition) is 4. The molecule has 1 saturated heterocycles. The molecule has 0 aromatic heterocycles. The van der Waals surface area contributed by atoms with Crippen molar-refractivity contribution in [1.29, 1.82) is 0 Å². The third-order valence-electron chi connectivity index (χ3n) is 5.96. The standard InChI is InChI=1S/C29H24BrClN2O2S/c1-2-18-10-12-22(13-11-18)32-29-33-28(34)26(36-29)16-19-14-24(30)27(25(31)15-19)35-17-21-8-5-7-20-6-3-4-9-23(20)21/h3-16,29,32H,2,17H2,1H3,(H,33,34)/b26-16-/t29-/m1/s1. The highest BCUT2D eigenvalue weighted by Gasteiger charge is 2.27. The lowest BCUT2D eigenvalue weighted by atomic mass is 10.1. The van der Waals surface area contributed by atoms with Crippen LogP contribution in [0.15, 0.2) is 88.2 Å². The van der Waals surface area contributed by atoms with Crippen molar-refractivity contribution >= 4 is 67.7 Å². The molecule has 1 heterocycles. The summed E-state index contributed by atoms with van der Waals surface area (Å²) >= 11 is 11.6. The minimum atomic E-state index is -0.238. The van der Waals surface area contributed by atoms with Gasteiger partial charge in [0.05, 0.1) is 14.4 Å². The van der Waals surface area contributed by atoms with E-state index in [1.54, 1.807) is 0 Å². The molecule has 5 rings (SSSR count). The van der Waals surface area contributed by atoms with Crippen LogP contribution in [-0.4, -0.2) is 11.4 Å². The Hall–Kier alpha value is -2.93. The van der Waals surface area contributed by atoms with Gasteiger partial charge in [-0.2, -0.15) is 0 Å². The smallest absolute Gasteiger partial charge is 0.260 e. The first kappa shape index (κ1) is 24.8. The fourth-order valence-electron chi connectivity index (χ4n) is 4.07. The second-order valence-electron chi connectivity index (χ2n) is 8.42. The lowest BCUT2D eigenvalue weighted by Crippen LogP contribution is -2.30. The minimum absolute atomic E-state index is 0.119. The van der Waals surface area contributed by atoms with Crippen LogP contribution in [0.5, 0.6) is 5.75 Å². The first-order valence-corrected chi connectivity index (χ1v) is 13.7. The molecule has 1 atom stereocenters. The summed E-state index contributed by atoms with van der Waals surface area (Å²) in [6, 6.07) is 26.4. The highest BCUT2D eigenvalue weighted by Crippen LogP contribution is 2.37. The number of amides is 1. The molecule has 1 aliphatic heterocycles. The van der Waals surface area contributed by atoms with E-state index in [4.69, 9.17) is 16.3 Å². The summed E-state index contributed by atoms with van der Waals surface area (Å²) in [6.07, 6.45) is 2.83. The summed E-state index contributed by atoms with van der Waals surface area (Å²) < 4.78 is 6.85. The molecular weight excluding hydrogens is 556 g/mol. The maximum atomic E-state index is 12.6. The molecule has 0 bridgehead atoms. The van der Waals surface area contributed by atoms with E-state index < -0.39 is 0 Å². The van der Waals surface area contributed by atoms with E-state index in [0.29, 0.717) is 22.3 Å². The number of aryl methyl sites for hydroxylation is 1. The van der Waals surface area contributed by atoms with Gasteiger partial charge in [-0.3, -0.25) is 4.79 Å². The summed E-state index contributed by atoms with van der Waals surface area (Å²) in [4.78, 5) is 13.2. The number of benzene rings is 4. The minimum Gasteiger partial charge on any atom is -0.486 e. The number of carbonyl (C=O) groups is 1. The monoisotopic (exact) mass is 578 g/mol. The number of ether oxygens (including phenoxy) is 1. The van der Waals surface area contributed by atoms with Crippen molar-refractivity contribution in [2.75, 3.05) is 5.32 Å². The molecule has 0 unspecified atom stereocenters. The zero-order valence-electron chi connectivity index (χ0n) is 19.6. The maximum Gasteiger partial charge on any atom is 0.260 e. The fourth-order valence-corrected chi connectivity index (χ4v) is 6.05. The van der Waals surface area contributed by atoms with E-state index in [1.165, 1.54) is 22.7 Å². The number of anilines is 1. The zero-order valence-corrected chi connectivity index (χ0v) is 22.7. The van der Waals surface area contributed by atoms with Crippen LogP contribution in [0.1, 0.15) is 23.6 Å². The summed E-state index contributed by atoms with van der Waals surface area (Å²) in [7, 11) is 0. The molecule has 2 N–H and O–H groups in total. The molecule has 4 aromatic rings. The van der Waals surface area contributed by atoms with E-state index in [0.717, 1.165) is 33.1 Å². The summed E-state index contributed by atoms with van der Waals surface area (Å²) in [5, 5.41) is 9.12. The highest BCUT2D eigenvalue weighted by molar-refractivity contribution is 9.10. The molecule has 1 aliphatic rings. The van der Waals surface area contributed by atoms with Gasteiger partial charge >= 0.3 is 0 Å². The SMILES string of the molecule is CCc1ccc(N[C@@H]2NC(=O)/C(=C/c3cc(Cl)c(OCc4cccc5ccccc45)c(Br)c3)S2)cc1. The van der Waals surface area contributed by atoms with Gasteiger partial charge in [0.25, 0.3) is 5.91 Å². The van der Waals surface area contributed by atoms with Crippen molar-refractivity contribution in [2.24, 2.45) is 0 Å². The summed E-state index contributed by atoms with van der Waals surface area (Å²) in [5.74, 6) is 0.455. The normalized spacial score (nSPS) is 16.4. The van der Waals surface area contributed by atoms with Gasteiger partial charge in [0.15, 0.2) is 11.2 Å². The molecule has 0 spiro atoms. The molecule has 4 nitrogen and oxygen atoms in total. The Kier molecular flexibility index (Phi) is 7.56. The van der Waals surface area contributed by atoms with Gasteiger partial charge in [-0.1, -0.05) is 84.9 Å². The molecule has 1 fully saturated rings. The molecule has 4 aromatic carbocycles. The van der Waals surface area contributed by atoms with Crippen LogP contribution in [0.25, 0.3) is 16.8 Å². The van der Waals surface area contributed by atoms with E-state index >= 15 is 0 Å². The van der Waals surface area contributed by atoms with E-state index in [1.807, 2.05) is 48.5 Å². The second-order valence-corrected chi connectivity index (χ2v) is 10.8. The maximum absolute atomic E-state index is 12.6. The van der Waals surface area contributed by atoms with Gasteiger partial charge in [0.2, 0.25) is 0 Å². The van der Waals surface area contributed by atoms with Crippen LogP contribution in [0.3, 0.4) is 0 Å². The van der Waals surface area contributed by atoms with Gasteiger partial charge in [0, 0.05) is 5.69 Å². The molecule has 0 radical (unpaired) electrons. The first-order chi connectivity index (χ1) is 17.5. The number of fused-ring (bicyclic) bond motifs is 1. The number of nitrogens with one attached hydrogen (secondary N) is 2. The molecule has 1 amide bonds. The molecule has 7 heteroatoms. The molecular formula is C29H24BrClN2O2S. The predicted molar refractivity (Wildman–Crippen MR) is 154 cm³/mol. The average Bonchev–Trinajstić information content (AvgIpc) is 3.22. The number of carbonyl (C=O) groups excluding carboxylic acids is 1. The fraction of sp³-hybridized carbons (Fsp3) is 0.138. The highest BCUT2D eigenvalue weighted by atomic mass is 79.9. The van der Waals surface area contributed by atoms with E-state index in [9.17, 15) is 4.79 Å². The lowest BCUT2D eigenvalue weighted by molar-refractivity contribution is -0.116. The van der Waals surface area contributed by atoms with Crippen LogP contribution in [0, 0.1) is 0 Å². The van der Waals surface area contributed by atoms with Gasteiger partial charge < -0.3 is 15.4 Å². The van der Waals surface area contributed by atoms with Crippen molar-refractivity contribution in [3.63, 3.8) is 0 Å². The van der Waals surface area contributed by atoms with Gasteiger partial charge in [-0.25, -0.2) is 0 Å². The molecule has 36 heavy (non-hydrogen) atoms. The number of hydrogen-bond donors (Lipinski definition) is 2. The predicted octanol–water partition coefficient (Wildman–Crippen LogP) is 8.00. The molecule has 0 aliphatic carbocycles. The van der Waals surface area contributed by atoms with Crippen LogP contribution >= 0.6 is 39.3 Å². The van der Waals surface area contributed by atoms with Gasteiger partial charge in [-0.05, 0) is 80.2 Å². The summed E-state index contributed by atoms with van der Waals surface area (Å²) in [6.45, 7) is 2.52. The third kappa shape index (κ3) is 5.56. The van der Waals surface area contributed by atoms with Crippen molar-refractivity contribution in [2.45, 2.75) is 25.4 Å². The topological polar surface area (TPSA) is 50.4 Å². The lowest BCUT2D eigenvalue weighted by Gasteiger charge is -2.13. The van der Waals surface area contributed by atoms with Crippen molar-refractivity contribution < 1.29 is 9.53 Å². The Morgan fingerprint density at radius 2 is 1.86 bits per heavy atom.